The molecular formula is C11H20N2O2. The van der Waals surface area contributed by atoms with E-state index in [0.29, 0.717) is 19.0 Å². The van der Waals surface area contributed by atoms with Gasteiger partial charge < -0.3 is 5.32 Å². The lowest BCUT2D eigenvalue weighted by Gasteiger charge is -2.38. The number of hydrogen-bond acceptors (Lipinski definition) is 2. The van der Waals surface area contributed by atoms with Gasteiger partial charge in [-0.1, -0.05) is 27.2 Å². The first-order valence-electron chi connectivity index (χ1n) is 5.67. The highest BCUT2D eigenvalue weighted by Gasteiger charge is 2.41. The Bertz CT molecular complexity index is 251. The van der Waals surface area contributed by atoms with Crippen molar-refractivity contribution in [1.82, 2.24) is 10.2 Å². The second-order valence-electron chi connectivity index (χ2n) is 4.38. The molecular weight excluding hydrogens is 192 g/mol. The molecule has 1 aliphatic rings. The first-order chi connectivity index (χ1) is 7.07. The zero-order valence-corrected chi connectivity index (χ0v) is 9.75. The molecule has 1 atom stereocenters. The van der Waals surface area contributed by atoms with Gasteiger partial charge in [-0.05, 0) is 12.3 Å². The van der Waals surface area contributed by atoms with Crippen molar-refractivity contribution >= 4 is 11.9 Å². The number of carbonyl (C=O) groups is 2. The predicted molar refractivity (Wildman–Crippen MR) is 58.3 cm³/mol. The fourth-order valence-electron chi connectivity index (χ4n) is 1.60. The zero-order valence-electron chi connectivity index (χ0n) is 9.75. The van der Waals surface area contributed by atoms with Crippen molar-refractivity contribution in [2.24, 2.45) is 11.8 Å². The van der Waals surface area contributed by atoms with Gasteiger partial charge in [-0.3, -0.25) is 9.69 Å². The predicted octanol–water partition coefficient (Wildman–Crippen LogP) is 1.61. The number of urea groups is 1. The Morgan fingerprint density at radius 3 is 2.73 bits per heavy atom. The number of hydrogen-bond donors (Lipinski definition) is 1. The van der Waals surface area contributed by atoms with E-state index in [1.165, 1.54) is 4.90 Å². The van der Waals surface area contributed by atoms with E-state index in [9.17, 15) is 9.59 Å². The summed E-state index contributed by atoms with van der Waals surface area (Å²) in [5.41, 5.74) is 0. The number of rotatable bonds is 4. The van der Waals surface area contributed by atoms with Crippen LogP contribution in [0.4, 0.5) is 4.79 Å². The quantitative estimate of drug-likeness (QED) is 0.568. The minimum Gasteiger partial charge on any atom is -0.338 e. The van der Waals surface area contributed by atoms with Gasteiger partial charge in [0.05, 0.1) is 5.92 Å². The third kappa shape index (κ3) is 2.70. The smallest absolute Gasteiger partial charge is 0.324 e. The van der Waals surface area contributed by atoms with E-state index in [1.54, 1.807) is 0 Å². The lowest BCUT2D eigenvalue weighted by atomic mass is 9.88. The third-order valence-electron chi connectivity index (χ3n) is 2.82. The van der Waals surface area contributed by atoms with Gasteiger partial charge in [0, 0.05) is 13.1 Å². The van der Waals surface area contributed by atoms with Crippen LogP contribution in [0.15, 0.2) is 0 Å². The highest BCUT2D eigenvalue weighted by molar-refractivity contribution is 6.00. The summed E-state index contributed by atoms with van der Waals surface area (Å²) in [6.45, 7) is 7.32. The van der Waals surface area contributed by atoms with E-state index in [-0.39, 0.29) is 17.9 Å². The Balaban J connectivity index is 2.29. The average Bonchev–Trinajstić information content (AvgIpc) is 2.15. The number of nitrogens with one attached hydrogen (secondary N) is 1. The molecule has 1 aliphatic heterocycles. The van der Waals surface area contributed by atoms with Crippen molar-refractivity contribution in [2.75, 3.05) is 13.1 Å². The first kappa shape index (κ1) is 12.0. The van der Waals surface area contributed by atoms with Crippen molar-refractivity contribution in [3.8, 4) is 0 Å². The van der Waals surface area contributed by atoms with Gasteiger partial charge in [0.15, 0.2) is 0 Å². The zero-order chi connectivity index (χ0) is 11.4. The van der Waals surface area contributed by atoms with Crippen LogP contribution in [0.2, 0.25) is 0 Å². The van der Waals surface area contributed by atoms with Crippen LogP contribution in [0, 0.1) is 11.8 Å². The Hall–Kier alpha value is -1.06. The van der Waals surface area contributed by atoms with Gasteiger partial charge in [-0.25, -0.2) is 4.79 Å². The molecule has 0 spiro atoms. The van der Waals surface area contributed by atoms with Gasteiger partial charge >= 0.3 is 6.03 Å². The largest absolute Gasteiger partial charge is 0.338 e. The summed E-state index contributed by atoms with van der Waals surface area (Å²) in [7, 11) is 0. The highest BCUT2D eigenvalue weighted by atomic mass is 16.2. The van der Waals surface area contributed by atoms with Gasteiger partial charge in [-0.2, -0.15) is 0 Å². The average molecular weight is 212 g/mol. The van der Waals surface area contributed by atoms with Gasteiger partial charge in [0.2, 0.25) is 5.91 Å². The first-order valence-corrected chi connectivity index (χ1v) is 5.67. The number of likely N-dealkylation sites (tertiary alicyclic amines) is 1. The standard InChI is InChI=1S/C11H20N2O2/c1-4-5-6-12-11(15)13-7-9(8(2)3)10(13)14/h8-9H,4-7H2,1-3H3,(H,12,15). The molecule has 4 heteroatoms. The van der Waals surface area contributed by atoms with Crippen LogP contribution in [0.3, 0.4) is 0 Å². The molecule has 0 radical (unpaired) electrons. The topological polar surface area (TPSA) is 49.4 Å². The maximum atomic E-state index is 11.5. The molecule has 15 heavy (non-hydrogen) atoms. The fourth-order valence-corrected chi connectivity index (χ4v) is 1.60. The van der Waals surface area contributed by atoms with Crippen LogP contribution < -0.4 is 5.32 Å². The highest BCUT2D eigenvalue weighted by Crippen LogP contribution is 2.24. The van der Waals surface area contributed by atoms with E-state index in [1.807, 2.05) is 13.8 Å². The molecule has 1 saturated heterocycles. The van der Waals surface area contributed by atoms with Gasteiger partial charge in [0.25, 0.3) is 0 Å². The summed E-state index contributed by atoms with van der Waals surface area (Å²) in [5, 5.41) is 2.74. The second-order valence-corrected chi connectivity index (χ2v) is 4.38. The summed E-state index contributed by atoms with van der Waals surface area (Å²) < 4.78 is 0. The van der Waals surface area contributed by atoms with E-state index in [4.69, 9.17) is 0 Å². The Kier molecular flexibility index (Phi) is 4.12. The molecule has 4 nitrogen and oxygen atoms in total. The summed E-state index contributed by atoms with van der Waals surface area (Å²) in [5.74, 6) is 0.345. The van der Waals surface area contributed by atoms with Crippen molar-refractivity contribution < 1.29 is 9.59 Å². The Labute approximate surface area is 91.0 Å². The molecule has 1 heterocycles. The maximum Gasteiger partial charge on any atom is 0.324 e. The number of amides is 3. The Morgan fingerprint density at radius 1 is 1.60 bits per heavy atom. The van der Waals surface area contributed by atoms with E-state index < -0.39 is 0 Å². The summed E-state index contributed by atoms with van der Waals surface area (Å²) in [6.07, 6.45) is 2.00. The molecule has 0 aromatic rings. The Morgan fingerprint density at radius 2 is 2.27 bits per heavy atom. The van der Waals surface area contributed by atoms with Crippen LogP contribution in [-0.4, -0.2) is 29.9 Å². The van der Waals surface area contributed by atoms with Crippen molar-refractivity contribution in [3.63, 3.8) is 0 Å². The molecule has 1 rings (SSSR count). The maximum absolute atomic E-state index is 11.5. The van der Waals surface area contributed by atoms with E-state index >= 15 is 0 Å². The van der Waals surface area contributed by atoms with Crippen LogP contribution in [-0.2, 0) is 4.79 Å². The van der Waals surface area contributed by atoms with Gasteiger partial charge in [0.1, 0.15) is 0 Å². The van der Waals surface area contributed by atoms with Crippen molar-refractivity contribution in [1.29, 1.82) is 0 Å². The number of carbonyl (C=O) groups excluding carboxylic acids is 2. The molecule has 0 saturated carbocycles. The number of β-lactam (4-membered cyclic amide) rings is 1. The summed E-state index contributed by atoms with van der Waals surface area (Å²) in [4.78, 5) is 24.3. The number of unbranched alkanes of at least 4 members (excludes halogenated alkanes) is 1. The molecule has 86 valence electrons. The van der Waals surface area contributed by atoms with Crippen LogP contribution in [0.25, 0.3) is 0 Å². The molecule has 3 amide bonds. The second kappa shape index (κ2) is 5.14. The van der Waals surface area contributed by atoms with Crippen LogP contribution in [0.1, 0.15) is 33.6 Å². The molecule has 0 aliphatic carbocycles. The lowest BCUT2D eigenvalue weighted by molar-refractivity contribution is -0.145. The number of nitrogens with zero attached hydrogens (tertiary/aromatic N) is 1. The van der Waals surface area contributed by atoms with Crippen LogP contribution in [0.5, 0.6) is 0 Å². The normalized spacial score (nSPS) is 20.4. The van der Waals surface area contributed by atoms with Crippen LogP contribution >= 0.6 is 0 Å². The fraction of sp³-hybridized carbons (Fsp3) is 0.818. The number of imide groups is 1. The van der Waals surface area contributed by atoms with Crippen molar-refractivity contribution in [3.05, 3.63) is 0 Å². The SMILES string of the molecule is CCCCNC(=O)N1CC(C(C)C)C1=O. The minimum atomic E-state index is -0.231. The van der Waals surface area contributed by atoms with E-state index in [2.05, 4.69) is 12.2 Å². The lowest BCUT2D eigenvalue weighted by Crippen LogP contribution is -2.59. The summed E-state index contributed by atoms with van der Waals surface area (Å²) in [6, 6.07) is -0.231. The molecule has 0 aromatic heterocycles. The minimum absolute atomic E-state index is 0.0287. The monoisotopic (exact) mass is 212 g/mol. The van der Waals surface area contributed by atoms with Gasteiger partial charge in [-0.15, -0.1) is 0 Å². The molecule has 1 N–H and O–H groups in total. The molecule has 1 unspecified atom stereocenters. The van der Waals surface area contributed by atoms with Crippen molar-refractivity contribution in [2.45, 2.75) is 33.6 Å². The molecule has 0 bridgehead atoms. The summed E-state index contributed by atoms with van der Waals surface area (Å²) >= 11 is 0. The third-order valence-corrected chi connectivity index (χ3v) is 2.82. The molecule has 0 aromatic carbocycles. The van der Waals surface area contributed by atoms with E-state index in [0.717, 1.165) is 12.8 Å². The molecule has 1 fully saturated rings.